The maximum Gasteiger partial charge on any atom is 0.225 e. The molecule has 4 rings (SSSR count). The second-order valence-corrected chi connectivity index (χ2v) is 11.5. The summed E-state index contributed by atoms with van der Waals surface area (Å²) in [6.45, 7) is 0. The molecule has 0 spiro atoms. The first-order chi connectivity index (χ1) is 26.1. The fraction of sp³-hybridized carbons (Fsp3) is 0.222. The molecule has 4 atom stereocenters. The molecule has 1 aliphatic rings. The third-order valence-electron chi connectivity index (χ3n) is 6.79. The Kier molecular flexibility index (Phi) is 26.3. The van der Waals surface area contributed by atoms with Gasteiger partial charge in [0.2, 0.25) is 16.5 Å². The van der Waals surface area contributed by atoms with E-state index < -0.39 is 11.6 Å². The zero-order valence-corrected chi connectivity index (χ0v) is 29.6. The molecule has 0 aromatic heterocycles. The lowest BCUT2D eigenvalue weighted by Gasteiger charge is -2.04. The van der Waals surface area contributed by atoms with Gasteiger partial charge in [-0.05, 0) is 70.8 Å². The molecule has 0 bridgehead atoms. The first-order valence-corrected chi connectivity index (χ1v) is 15.9. The number of hydrogen-bond donors (Lipinski definition) is 9. The van der Waals surface area contributed by atoms with Gasteiger partial charge in [-0.2, -0.15) is 0 Å². The molecule has 0 radical (unpaired) electrons. The number of quaternary nitrogens is 4. The Morgan fingerprint density at radius 2 is 0.836 bits per heavy atom. The maximum absolute atomic E-state index is 10.9. The van der Waals surface area contributed by atoms with Gasteiger partial charge in [-0.3, -0.25) is 28.8 Å². The van der Waals surface area contributed by atoms with Crippen LogP contribution in [0, 0.1) is 14.9 Å². The summed E-state index contributed by atoms with van der Waals surface area (Å²) in [6, 6.07) is 14.5. The first kappa shape index (κ1) is 50.3. The minimum absolute atomic E-state index is 0.157. The van der Waals surface area contributed by atoms with E-state index in [1.165, 1.54) is 36.4 Å². The lowest BCUT2D eigenvalue weighted by molar-refractivity contribution is -0.399. The molecule has 4 unspecified atom stereocenters. The van der Waals surface area contributed by atoms with Crippen molar-refractivity contribution in [1.29, 1.82) is 0 Å². The summed E-state index contributed by atoms with van der Waals surface area (Å²) in [5.74, 6) is -1.46. The Labute approximate surface area is 313 Å². The molecule has 0 aliphatic heterocycles. The van der Waals surface area contributed by atoms with Crippen LogP contribution in [0.15, 0.2) is 84.5 Å². The van der Waals surface area contributed by atoms with Gasteiger partial charge in [-0.15, -0.1) is 0 Å². The molecule has 0 amide bonds. The molecular formula is C36H47N4O15+5. The lowest BCUT2D eigenvalue weighted by Crippen LogP contribution is -2.62. The van der Waals surface area contributed by atoms with Crippen molar-refractivity contribution in [3.63, 3.8) is 0 Å². The van der Waals surface area contributed by atoms with Gasteiger partial charge in [0.15, 0.2) is 48.1 Å². The van der Waals surface area contributed by atoms with E-state index in [9.17, 15) is 28.8 Å². The van der Waals surface area contributed by atoms with Crippen LogP contribution in [0.1, 0.15) is 23.1 Å². The Morgan fingerprint density at radius 1 is 0.491 bits per heavy atom. The van der Waals surface area contributed by atoms with Gasteiger partial charge in [0.25, 0.3) is 0 Å². The number of phenols is 5. The van der Waals surface area contributed by atoms with Gasteiger partial charge in [0.05, 0.1) is 0 Å². The van der Waals surface area contributed by atoms with E-state index in [1.807, 2.05) is 0 Å². The maximum atomic E-state index is 10.9. The zero-order valence-electron chi connectivity index (χ0n) is 29.6. The van der Waals surface area contributed by atoms with Crippen LogP contribution >= 0.6 is 0 Å². The van der Waals surface area contributed by atoms with E-state index >= 15 is 0 Å². The van der Waals surface area contributed by atoms with Crippen LogP contribution in [-0.4, -0.2) is 91.4 Å². The number of allylic oxidation sites excluding steroid dienone is 3. The summed E-state index contributed by atoms with van der Waals surface area (Å²) in [6.07, 6.45) is 9.04. The van der Waals surface area contributed by atoms with Gasteiger partial charge < -0.3 is 48.5 Å². The van der Waals surface area contributed by atoms with Crippen LogP contribution < -0.4 is 22.9 Å². The van der Waals surface area contributed by atoms with Gasteiger partial charge in [-0.25, -0.2) is 0 Å². The number of phenolic OH excluding ortho intramolecular Hbond substituents is 5. The van der Waals surface area contributed by atoms with Crippen LogP contribution in [0.3, 0.4) is 0 Å². The lowest BCUT2D eigenvalue weighted by atomic mass is 10.00. The van der Waals surface area contributed by atoms with E-state index in [4.69, 9.17) is 45.4 Å². The SMILES string of the molecule is O=O.O=[OH+].[NH3+]C(C=O)CC1=CC(=O)C(=O)C=C1.[NH3+]C(C=O)Cc1ccc(O)c(O)c1.[NH3+]C(C=O)Cc1ccc(O)c(O)c1.[NH3+]C(C=O)Cc1ccc(O)cc1. The summed E-state index contributed by atoms with van der Waals surface area (Å²) in [5, 5.41) is 45.2. The normalized spacial score (nSPS) is 13.1. The van der Waals surface area contributed by atoms with E-state index in [1.54, 1.807) is 42.5 Å². The molecule has 3 aromatic rings. The van der Waals surface area contributed by atoms with E-state index in [0.717, 1.165) is 41.8 Å². The van der Waals surface area contributed by atoms with Gasteiger partial charge in [0.1, 0.15) is 29.9 Å². The molecule has 0 fully saturated rings. The predicted molar refractivity (Wildman–Crippen MR) is 194 cm³/mol. The standard InChI is InChI=1S/2C9H11NO3.C9H9NO3.C9H11NO2.2O2/c3*10-7(5-11)3-6-1-2-8(12)9(13)4-6;10-8(6-11)5-7-1-3-9(12)4-2-7;2*1-2/h2*1-2,4-5,7,12-13H,3,10H2;1-2,4-5,7H,3,10H2;1-4,6,8,12H,5,10H2;;/p+5. The highest BCUT2D eigenvalue weighted by Crippen LogP contribution is 2.26. The van der Waals surface area contributed by atoms with E-state index in [2.05, 4.69) is 22.9 Å². The molecule has 18 N–H and O–H groups in total. The Hall–Kier alpha value is -6.80. The molecular weight excluding hydrogens is 728 g/mol. The van der Waals surface area contributed by atoms with Crippen molar-refractivity contribution >= 4 is 36.7 Å². The number of aromatic hydroxyl groups is 5. The highest BCUT2D eigenvalue weighted by atomic mass is 16.7. The molecule has 1 aliphatic carbocycles. The molecule has 55 heavy (non-hydrogen) atoms. The average Bonchev–Trinajstić information content (AvgIpc) is 3.19. The molecule has 296 valence electrons. The van der Waals surface area contributed by atoms with Crippen molar-refractivity contribution in [2.24, 2.45) is 0 Å². The van der Waals surface area contributed by atoms with Crippen molar-refractivity contribution < 1.29 is 82.2 Å². The first-order valence-electron chi connectivity index (χ1n) is 15.9. The van der Waals surface area contributed by atoms with Crippen molar-refractivity contribution in [2.75, 3.05) is 0 Å². The number of rotatable bonds is 12. The molecule has 19 nitrogen and oxygen atoms in total. The fourth-order valence-electron chi connectivity index (χ4n) is 4.11. The van der Waals surface area contributed by atoms with Crippen molar-refractivity contribution in [3.05, 3.63) is 116 Å². The Morgan fingerprint density at radius 3 is 1.18 bits per heavy atom. The minimum Gasteiger partial charge on any atom is -0.508 e. The molecule has 0 saturated carbocycles. The second kappa shape index (κ2) is 28.7. The summed E-state index contributed by atoms with van der Waals surface area (Å²) in [7, 11) is 0. The Balaban J connectivity index is 0. The summed E-state index contributed by atoms with van der Waals surface area (Å²) in [4.78, 5) is 89.7. The number of hydrogen-bond acceptors (Lipinski definition) is 14. The predicted octanol–water partition coefficient (Wildman–Crippen LogP) is -2.61. The monoisotopic (exact) mass is 775 g/mol. The minimum atomic E-state index is -0.532. The number of carbonyl (C=O) groups is 6. The van der Waals surface area contributed by atoms with E-state index in [0.29, 0.717) is 31.3 Å². The third kappa shape index (κ3) is 22.0. The van der Waals surface area contributed by atoms with Crippen molar-refractivity contribution in [1.82, 2.24) is 0 Å². The fourth-order valence-corrected chi connectivity index (χ4v) is 4.11. The van der Waals surface area contributed by atoms with Gasteiger partial charge in [0, 0.05) is 40.6 Å². The van der Waals surface area contributed by atoms with Crippen molar-refractivity contribution in [2.45, 2.75) is 49.9 Å². The zero-order chi connectivity index (χ0) is 42.5. The van der Waals surface area contributed by atoms with Crippen LogP contribution in [0.5, 0.6) is 28.7 Å². The molecule has 0 heterocycles. The molecule has 0 saturated heterocycles. The number of ketones is 2. The number of carbonyl (C=O) groups excluding carboxylic acids is 6. The van der Waals surface area contributed by atoms with Gasteiger partial charge >= 0.3 is 0 Å². The quantitative estimate of drug-likeness (QED) is 0.0299. The largest absolute Gasteiger partial charge is 0.508 e. The second-order valence-electron chi connectivity index (χ2n) is 11.5. The third-order valence-corrected chi connectivity index (χ3v) is 6.79. The molecule has 3 aromatic carbocycles. The van der Waals surface area contributed by atoms with Crippen molar-refractivity contribution in [3.8, 4) is 28.7 Å². The topological polar surface area (TPSA) is 387 Å². The van der Waals surface area contributed by atoms with Crippen LogP contribution in [0.25, 0.3) is 0 Å². The summed E-state index contributed by atoms with van der Waals surface area (Å²) < 4.78 is 0. The number of aldehydes is 4. The van der Waals surface area contributed by atoms with E-state index in [-0.39, 0.29) is 52.9 Å². The summed E-state index contributed by atoms with van der Waals surface area (Å²) >= 11 is 0. The van der Waals surface area contributed by atoms with Gasteiger partial charge in [-0.1, -0.05) is 30.3 Å². The van der Waals surface area contributed by atoms with Crippen LogP contribution in [0.4, 0.5) is 0 Å². The highest BCUT2D eigenvalue weighted by Gasteiger charge is 2.16. The smallest absolute Gasteiger partial charge is 0.225 e. The highest BCUT2D eigenvalue weighted by molar-refractivity contribution is 6.46. The summed E-state index contributed by atoms with van der Waals surface area (Å²) in [5.41, 5.74) is 17.6. The molecule has 19 heteroatoms. The van der Waals surface area contributed by atoms with Crippen LogP contribution in [-0.2, 0) is 48.0 Å². The number of benzene rings is 3. The Bertz CT molecular complexity index is 1670. The average molecular weight is 776 g/mol. The van der Waals surface area contributed by atoms with Crippen LogP contribution in [0.2, 0.25) is 0 Å².